The summed E-state index contributed by atoms with van der Waals surface area (Å²) in [6.07, 6.45) is 13.3. The molecule has 1 saturated heterocycles. The van der Waals surface area contributed by atoms with E-state index in [-0.39, 0.29) is 25.0 Å². The van der Waals surface area contributed by atoms with Gasteiger partial charge >= 0.3 is 11.7 Å². The summed E-state index contributed by atoms with van der Waals surface area (Å²) in [7, 11) is 3.23. The molecule has 0 amide bonds. The molecule has 2 heterocycles. The molecule has 3 N–H and O–H groups in total. The number of H-pyrrole nitrogens is 1. The second-order valence-electron chi connectivity index (χ2n) is 24.4. The van der Waals surface area contributed by atoms with E-state index in [0.717, 1.165) is 66.5 Å². The molecule has 4 aliphatic carbocycles. The van der Waals surface area contributed by atoms with Gasteiger partial charge in [0.1, 0.15) is 34.8 Å². The number of aliphatic carboxylic acids is 1. The highest BCUT2D eigenvalue weighted by atomic mass is 16.7. The molecular formula is C64H87N3O10. The molecule has 4 fully saturated rings. The number of aliphatic hydroxyl groups is 1. The van der Waals surface area contributed by atoms with E-state index in [1.807, 2.05) is 78.9 Å². The Morgan fingerprint density at radius 2 is 1.51 bits per heavy atom. The number of hydrogen-bond donors (Lipinski definition) is 3. The first-order valence-electron chi connectivity index (χ1n) is 29.0. The van der Waals surface area contributed by atoms with Gasteiger partial charge in [-0.1, -0.05) is 146 Å². The SMILES string of the molecule is CCCCCCN(O[C@@H]1[C@H](O)[C@@H](COC(c2ccccc2)(c2ccc(OC)cc2)c2ccc(OC)cc2)O[C@H]1n1ccc(=O)[nH]c1=O)C1(C(=O)O)CC[C@@]2(C)C(=CCC3C2CC[C@@]2(C)C3CC[C@@H]2[C@H](C)CCCC(C)C)C1. The van der Waals surface area contributed by atoms with Crippen molar-refractivity contribution in [1.29, 1.82) is 0 Å². The predicted octanol–water partition coefficient (Wildman–Crippen LogP) is 11.9. The Morgan fingerprint density at radius 3 is 2.13 bits per heavy atom. The van der Waals surface area contributed by atoms with Crippen molar-refractivity contribution in [3.05, 3.63) is 140 Å². The van der Waals surface area contributed by atoms with E-state index in [0.29, 0.717) is 53.9 Å². The number of methoxy groups -OCH3 is 2. The van der Waals surface area contributed by atoms with Crippen molar-refractivity contribution < 1.29 is 38.8 Å². The molecule has 13 heteroatoms. The molecular weight excluding hydrogens is 971 g/mol. The Hall–Kier alpha value is -5.05. The van der Waals surface area contributed by atoms with E-state index in [1.54, 1.807) is 19.3 Å². The van der Waals surface area contributed by atoms with Crippen LogP contribution in [-0.4, -0.2) is 82.0 Å². The standard InChI is InChI=1S/C64H87N3O10/c1-9-10-11-15-38-67(63(59(70)71)37-36-61(5)47(40-63)25-30-50-52-32-31-51(43(4)18-16-17-42(2)3)62(52,6)35-33-53(50)61)77-57-56(69)54(76-58(57)66-39-34-55(68)65-60(66)72)41-75-64(44-19-13-12-14-20-44,45-21-26-48(73-7)27-22-45)46-23-28-49(74-8)29-24-46/h12-14,19-29,34,39,42-43,50-54,56-58,69H,9-11,15-18,30-33,35-38,40-41H2,1-8H3,(H,70,71)(H,65,68,72)/t43-,50?,51-,52?,53?,54-,56-,57-,58-,61+,62-,63?/m1/s1. The Balaban J connectivity index is 1.04. The van der Waals surface area contributed by atoms with Crippen LogP contribution >= 0.6 is 0 Å². The van der Waals surface area contributed by atoms with Crippen LogP contribution in [0, 0.1) is 46.3 Å². The number of nitrogens with zero attached hydrogens (tertiary/aromatic N) is 2. The van der Waals surface area contributed by atoms with E-state index in [1.165, 1.54) is 60.9 Å². The molecule has 13 nitrogen and oxygen atoms in total. The molecule has 3 saturated carbocycles. The van der Waals surface area contributed by atoms with Crippen molar-refractivity contribution in [3.8, 4) is 11.5 Å². The molecule has 5 aliphatic rings. The van der Waals surface area contributed by atoms with E-state index in [2.05, 4.69) is 52.6 Å². The van der Waals surface area contributed by atoms with Crippen LogP contribution in [-0.2, 0) is 24.7 Å². The minimum absolute atomic E-state index is 0.152. The summed E-state index contributed by atoms with van der Waals surface area (Å²) in [5.41, 5.74) is -0.366. The lowest BCUT2D eigenvalue weighted by Gasteiger charge is -2.60. The van der Waals surface area contributed by atoms with Gasteiger partial charge in [-0.3, -0.25) is 24.0 Å². The number of allylic oxidation sites excluding steroid dienone is 1. The first-order valence-corrected chi connectivity index (χ1v) is 29.0. The van der Waals surface area contributed by atoms with E-state index in [4.69, 9.17) is 23.8 Å². The number of aromatic amines is 1. The van der Waals surface area contributed by atoms with Crippen molar-refractivity contribution >= 4 is 5.97 Å². The number of hydrogen-bond acceptors (Lipinski definition) is 10. The summed E-state index contributed by atoms with van der Waals surface area (Å²) in [6, 6.07) is 26.3. The number of hydroxylamine groups is 2. The molecule has 4 unspecified atom stereocenters. The lowest BCUT2D eigenvalue weighted by atomic mass is 9.46. The van der Waals surface area contributed by atoms with Crippen LogP contribution in [0.4, 0.5) is 0 Å². The third-order valence-corrected chi connectivity index (χ3v) is 19.8. The molecule has 0 radical (unpaired) electrons. The molecule has 4 aromatic rings. The average molecular weight is 1060 g/mol. The maximum absolute atomic E-state index is 14.4. The van der Waals surface area contributed by atoms with Crippen LogP contribution in [0.2, 0.25) is 0 Å². The summed E-state index contributed by atoms with van der Waals surface area (Å²) in [6.45, 7) is 14.4. The third-order valence-electron chi connectivity index (χ3n) is 19.8. The number of rotatable bonds is 23. The zero-order valence-electron chi connectivity index (χ0n) is 47.1. The van der Waals surface area contributed by atoms with E-state index in [9.17, 15) is 24.6 Å². The number of unbranched alkanes of at least 4 members (excludes halogenated alkanes) is 3. The summed E-state index contributed by atoms with van der Waals surface area (Å²) in [5, 5.41) is 26.2. The number of carboxylic acids is 1. The number of ether oxygens (including phenoxy) is 4. The molecule has 418 valence electrons. The number of nitrogens with one attached hydrogen (secondary N) is 1. The van der Waals surface area contributed by atoms with Crippen molar-refractivity contribution in [2.24, 2.45) is 46.3 Å². The number of carbonyl (C=O) groups is 1. The van der Waals surface area contributed by atoms with Crippen LogP contribution < -0.4 is 20.7 Å². The molecule has 3 aromatic carbocycles. The van der Waals surface area contributed by atoms with Gasteiger partial charge in [-0.15, -0.1) is 0 Å². The smallest absolute Gasteiger partial charge is 0.330 e. The largest absolute Gasteiger partial charge is 0.497 e. The van der Waals surface area contributed by atoms with E-state index >= 15 is 0 Å². The fraction of sp³-hybridized carbons (Fsp3) is 0.609. The van der Waals surface area contributed by atoms with Crippen molar-refractivity contribution in [2.45, 2.75) is 174 Å². The fourth-order valence-corrected chi connectivity index (χ4v) is 15.5. The maximum atomic E-state index is 14.4. The molecule has 9 rings (SSSR count). The highest BCUT2D eigenvalue weighted by Crippen LogP contribution is 2.68. The Morgan fingerprint density at radius 1 is 0.831 bits per heavy atom. The van der Waals surface area contributed by atoms with Gasteiger partial charge in [0.2, 0.25) is 0 Å². The molecule has 1 aromatic heterocycles. The molecule has 0 spiro atoms. The van der Waals surface area contributed by atoms with Gasteiger partial charge in [-0.2, -0.15) is 5.06 Å². The second-order valence-corrected chi connectivity index (χ2v) is 24.4. The van der Waals surface area contributed by atoms with Crippen LogP contribution in [0.15, 0.2) is 112 Å². The summed E-state index contributed by atoms with van der Waals surface area (Å²) < 4.78 is 26.4. The number of benzene rings is 3. The number of carboxylic acid groups (broad SMARTS) is 1. The Bertz CT molecular complexity index is 2710. The van der Waals surface area contributed by atoms with Crippen LogP contribution in [0.1, 0.15) is 161 Å². The minimum atomic E-state index is -1.47. The quantitative estimate of drug-likeness (QED) is 0.0281. The topological polar surface area (TPSA) is 162 Å². The van der Waals surface area contributed by atoms with Crippen molar-refractivity contribution in [2.75, 3.05) is 27.4 Å². The second kappa shape index (κ2) is 23.7. The molecule has 0 bridgehead atoms. The van der Waals surface area contributed by atoms with E-state index < -0.39 is 52.9 Å². The molecule has 77 heavy (non-hydrogen) atoms. The highest BCUT2D eigenvalue weighted by molar-refractivity contribution is 5.79. The van der Waals surface area contributed by atoms with Crippen LogP contribution in [0.5, 0.6) is 11.5 Å². The zero-order chi connectivity index (χ0) is 54.7. The summed E-state index contributed by atoms with van der Waals surface area (Å²) in [4.78, 5) is 50.2. The number of fused-ring (bicyclic) bond motifs is 5. The third kappa shape index (κ3) is 10.9. The van der Waals surface area contributed by atoms with Gasteiger partial charge in [0, 0.05) is 25.2 Å². The van der Waals surface area contributed by atoms with Crippen molar-refractivity contribution in [1.82, 2.24) is 14.6 Å². The van der Waals surface area contributed by atoms with Gasteiger partial charge < -0.3 is 29.2 Å². The van der Waals surface area contributed by atoms with Gasteiger partial charge in [0.05, 0.1) is 20.8 Å². The van der Waals surface area contributed by atoms with Gasteiger partial charge in [0.15, 0.2) is 12.3 Å². The number of aromatic nitrogens is 2. The fourth-order valence-electron chi connectivity index (χ4n) is 15.5. The maximum Gasteiger partial charge on any atom is 0.330 e. The van der Waals surface area contributed by atoms with Crippen LogP contribution in [0.3, 0.4) is 0 Å². The summed E-state index contributed by atoms with van der Waals surface area (Å²) in [5.74, 6) is 4.26. The molecule has 12 atom stereocenters. The summed E-state index contributed by atoms with van der Waals surface area (Å²) >= 11 is 0. The highest BCUT2D eigenvalue weighted by Gasteiger charge is 2.63. The minimum Gasteiger partial charge on any atom is -0.497 e. The normalized spacial score (nSPS) is 30.4. The lowest BCUT2D eigenvalue weighted by molar-refractivity contribution is -0.283. The zero-order valence-corrected chi connectivity index (χ0v) is 47.1. The van der Waals surface area contributed by atoms with Gasteiger partial charge in [0.25, 0.3) is 5.56 Å². The van der Waals surface area contributed by atoms with Crippen LogP contribution in [0.25, 0.3) is 0 Å². The van der Waals surface area contributed by atoms with Crippen molar-refractivity contribution in [3.63, 3.8) is 0 Å². The van der Waals surface area contributed by atoms with Gasteiger partial charge in [-0.25, -0.2) is 4.79 Å². The average Bonchev–Trinajstić information content (AvgIpc) is 4.02. The van der Waals surface area contributed by atoms with Gasteiger partial charge in [-0.05, 0) is 139 Å². The Kier molecular flexibility index (Phi) is 17.5. The first kappa shape index (κ1) is 56.7. The lowest BCUT2D eigenvalue weighted by Crippen LogP contribution is -2.62. The predicted molar refractivity (Wildman–Crippen MR) is 299 cm³/mol. The number of aliphatic hydroxyl groups excluding tert-OH is 1. The monoisotopic (exact) mass is 1060 g/mol. The molecule has 1 aliphatic heterocycles. The Labute approximate surface area is 456 Å². The first-order chi connectivity index (χ1) is 37.0.